The van der Waals surface area contributed by atoms with E-state index in [9.17, 15) is 0 Å². The summed E-state index contributed by atoms with van der Waals surface area (Å²) in [6.07, 6.45) is 8.83. The molecule has 3 rings (SSSR count). The Balaban J connectivity index is 1.96. The van der Waals surface area contributed by atoms with Crippen LogP contribution in [0, 0.1) is 0 Å². The Morgan fingerprint density at radius 1 is 1.32 bits per heavy atom. The Bertz CT molecular complexity index is 540. The third kappa shape index (κ3) is 2.16. The Morgan fingerprint density at radius 2 is 2.11 bits per heavy atom. The van der Waals surface area contributed by atoms with Gasteiger partial charge >= 0.3 is 0 Å². The lowest BCUT2D eigenvalue weighted by Crippen LogP contribution is -2.29. The Kier molecular flexibility index (Phi) is 3.11. The standard InChI is InChI=1S/C15H20N4/c1-12(13-3-6-16-7-4-13)19-11-18-9-14(19)15(2)5-8-17-10-15/h3-4,6-7,9,11-12,17H,5,8,10H2,1-2H3. The van der Waals surface area contributed by atoms with Crippen molar-refractivity contribution in [2.75, 3.05) is 13.1 Å². The normalized spacial score (nSPS) is 24.5. The average molecular weight is 256 g/mol. The maximum absolute atomic E-state index is 4.38. The Morgan fingerprint density at radius 3 is 2.79 bits per heavy atom. The van der Waals surface area contributed by atoms with Gasteiger partial charge in [0.25, 0.3) is 0 Å². The monoisotopic (exact) mass is 256 g/mol. The van der Waals surface area contributed by atoms with Crippen LogP contribution in [0.4, 0.5) is 0 Å². The zero-order chi connectivity index (χ0) is 13.3. The molecule has 0 spiro atoms. The van der Waals surface area contributed by atoms with Crippen LogP contribution in [0.5, 0.6) is 0 Å². The molecule has 2 aromatic heterocycles. The van der Waals surface area contributed by atoms with Crippen LogP contribution in [0.3, 0.4) is 0 Å². The maximum Gasteiger partial charge on any atom is 0.0954 e. The van der Waals surface area contributed by atoms with Gasteiger partial charge in [-0.3, -0.25) is 4.98 Å². The first-order valence-electron chi connectivity index (χ1n) is 6.84. The van der Waals surface area contributed by atoms with Gasteiger partial charge in [-0.25, -0.2) is 4.98 Å². The number of hydrogen-bond donors (Lipinski definition) is 1. The van der Waals surface area contributed by atoms with E-state index in [2.05, 4.69) is 45.8 Å². The molecule has 2 unspecified atom stereocenters. The van der Waals surface area contributed by atoms with Crippen molar-refractivity contribution in [3.63, 3.8) is 0 Å². The molecule has 19 heavy (non-hydrogen) atoms. The molecule has 0 amide bonds. The molecule has 1 aliphatic heterocycles. The molecule has 1 fully saturated rings. The first kappa shape index (κ1) is 12.4. The van der Waals surface area contributed by atoms with E-state index in [1.54, 1.807) is 0 Å². The fourth-order valence-electron chi connectivity index (χ4n) is 2.92. The molecule has 1 saturated heterocycles. The van der Waals surface area contributed by atoms with Gasteiger partial charge in [0.2, 0.25) is 0 Å². The van der Waals surface area contributed by atoms with E-state index in [0.717, 1.165) is 13.1 Å². The van der Waals surface area contributed by atoms with E-state index in [1.807, 2.05) is 24.9 Å². The molecular weight excluding hydrogens is 236 g/mol. The van der Waals surface area contributed by atoms with Gasteiger partial charge in [-0.15, -0.1) is 0 Å². The summed E-state index contributed by atoms with van der Waals surface area (Å²) in [5.41, 5.74) is 2.78. The molecule has 1 aliphatic rings. The molecule has 0 radical (unpaired) electrons. The lowest BCUT2D eigenvalue weighted by atomic mass is 9.86. The van der Waals surface area contributed by atoms with Gasteiger partial charge in [0.1, 0.15) is 0 Å². The highest BCUT2D eigenvalue weighted by molar-refractivity contribution is 5.22. The van der Waals surface area contributed by atoms with Crippen molar-refractivity contribution in [3.05, 3.63) is 48.3 Å². The van der Waals surface area contributed by atoms with Crippen molar-refractivity contribution in [3.8, 4) is 0 Å². The molecule has 0 aromatic carbocycles. The number of aromatic nitrogens is 3. The predicted molar refractivity (Wildman–Crippen MR) is 75.1 cm³/mol. The molecule has 0 saturated carbocycles. The van der Waals surface area contributed by atoms with Crippen molar-refractivity contribution in [1.29, 1.82) is 0 Å². The largest absolute Gasteiger partial charge is 0.327 e. The zero-order valence-corrected chi connectivity index (χ0v) is 11.5. The van der Waals surface area contributed by atoms with Crippen molar-refractivity contribution < 1.29 is 0 Å². The summed E-state index contributed by atoms with van der Waals surface area (Å²) in [5.74, 6) is 0. The number of hydrogen-bond acceptors (Lipinski definition) is 3. The van der Waals surface area contributed by atoms with Gasteiger partial charge in [0, 0.05) is 36.2 Å². The van der Waals surface area contributed by atoms with Crippen LogP contribution in [0.15, 0.2) is 37.1 Å². The average Bonchev–Trinajstić information content (AvgIpc) is 3.08. The lowest BCUT2D eigenvalue weighted by Gasteiger charge is -2.27. The fraction of sp³-hybridized carbons (Fsp3) is 0.467. The van der Waals surface area contributed by atoms with Gasteiger partial charge in [0.15, 0.2) is 0 Å². The molecule has 4 heteroatoms. The molecule has 3 heterocycles. The van der Waals surface area contributed by atoms with Gasteiger partial charge in [-0.1, -0.05) is 6.92 Å². The number of pyridine rings is 1. The quantitative estimate of drug-likeness (QED) is 0.915. The second-order valence-electron chi connectivity index (χ2n) is 5.63. The van der Waals surface area contributed by atoms with Crippen LogP contribution >= 0.6 is 0 Å². The summed E-state index contributed by atoms with van der Waals surface area (Å²) in [6.45, 7) is 6.65. The summed E-state index contributed by atoms with van der Waals surface area (Å²) in [4.78, 5) is 8.47. The minimum atomic E-state index is 0.192. The second kappa shape index (κ2) is 4.78. The number of rotatable bonds is 3. The second-order valence-corrected chi connectivity index (χ2v) is 5.63. The van der Waals surface area contributed by atoms with Crippen LogP contribution in [-0.2, 0) is 5.41 Å². The van der Waals surface area contributed by atoms with Crippen LogP contribution in [0.2, 0.25) is 0 Å². The van der Waals surface area contributed by atoms with Crippen LogP contribution in [0.25, 0.3) is 0 Å². The van der Waals surface area contributed by atoms with Crippen molar-refractivity contribution >= 4 is 0 Å². The van der Waals surface area contributed by atoms with Crippen molar-refractivity contribution in [2.24, 2.45) is 0 Å². The van der Waals surface area contributed by atoms with Gasteiger partial charge in [-0.05, 0) is 37.6 Å². The van der Waals surface area contributed by atoms with E-state index in [0.29, 0.717) is 0 Å². The molecule has 0 aliphatic carbocycles. The molecule has 2 aromatic rings. The summed E-state index contributed by atoms with van der Waals surface area (Å²) >= 11 is 0. The van der Waals surface area contributed by atoms with Crippen molar-refractivity contribution in [2.45, 2.75) is 31.7 Å². The van der Waals surface area contributed by atoms with Crippen molar-refractivity contribution in [1.82, 2.24) is 19.9 Å². The van der Waals surface area contributed by atoms with Crippen LogP contribution in [0.1, 0.15) is 37.6 Å². The maximum atomic E-state index is 4.38. The molecular formula is C15H20N4. The summed E-state index contributed by atoms with van der Waals surface area (Å²) in [6, 6.07) is 4.44. The fourth-order valence-corrected chi connectivity index (χ4v) is 2.92. The van der Waals surface area contributed by atoms with Gasteiger partial charge in [0.05, 0.1) is 12.4 Å². The first-order chi connectivity index (χ1) is 9.21. The van der Waals surface area contributed by atoms with E-state index in [1.165, 1.54) is 17.7 Å². The van der Waals surface area contributed by atoms with E-state index in [4.69, 9.17) is 0 Å². The minimum Gasteiger partial charge on any atom is -0.327 e. The summed E-state index contributed by atoms with van der Waals surface area (Å²) in [5, 5.41) is 3.46. The number of nitrogens with zero attached hydrogens (tertiary/aromatic N) is 3. The highest BCUT2D eigenvalue weighted by Gasteiger charge is 2.34. The molecule has 100 valence electrons. The van der Waals surface area contributed by atoms with Gasteiger partial charge in [-0.2, -0.15) is 0 Å². The number of nitrogens with one attached hydrogen (secondary N) is 1. The third-order valence-corrected chi connectivity index (χ3v) is 4.26. The SMILES string of the molecule is CC(c1ccncc1)n1cncc1C1(C)CCNC1. The first-order valence-corrected chi connectivity index (χ1v) is 6.84. The summed E-state index contributed by atoms with van der Waals surface area (Å²) < 4.78 is 2.29. The molecule has 2 atom stereocenters. The van der Waals surface area contributed by atoms with E-state index < -0.39 is 0 Å². The Labute approximate surface area is 113 Å². The summed E-state index contributed by atoms with van der Waals surface area (Å²) in [7, 11) is 0. The van der Waals surface area contributed by atoms with Crippen LogP contribution < -0.4 is 5.32 Å². The topological polar surface area (TPSA) is 42.7 Å². The van der Waals surface area contributed by atoms with Gasteiger partial charge < -0.3 is 9.88 Å². The van der Waals surface area contributed by atoms with Crippen LogP contribution in [-0.4, -0.2) is 27.6 Å². The zero-order valence-electron chi connectivity index (χ0n) is 11.5. The highest BCUT2D eigenvalue weighted by atomic mass is 15.1. The predicted octanol–water partition coefficient (Wildman–Crippen LogP) is 2.14. The number of imidazole rings is 1. The molecule has 0 bridgehead atoms. The minimum absolute atomic E-state index is 0.192. The Hall–Kier alpha value is -1.68. The highest BCUT2D eigenvalue weighted by Crippen LogP contribution is 2.32. The third-order valence-electron chi connectivity index (χ3n) is 4.26. The van der Waals surface area contributed by atoms with E-state index >= 15 is 0 Å². The smallest absolute Gasteiger partial charge is 0.0954 e. The molecule has 1 N–H and O–H groups in total. The lowest BCUT2D eigenvalue weighted by molar-refractivity contribution is 0.460. The molecule has 4 nitrogen and oxygen atoms in total. The van der Waals surface area contributed by atoms with E-state index in [-0.39, 0.29) is 11.5 Å².